The van der Waals surface area contributed by atoms with Gasteiger partial charge in [0.05, 0.1) is 32.7 Å². The van der Waals surface area contributed by atoms with Crippen molar-refractivity contribution in [1.82, 2.24) is 4.57 Å². The van der Waals surface area contributed by atoms with Crippen molar-refractivity contribution in [3.63, 3.8) is 0 Å². The van der Waals surface area contributed by atoms with E-state index in [1.54, 1.807) is 32.7 Å². The molecule has 0 fully saturated rings. The average molecular weight is 447 g/mol. The van der Waals surface area contributed by atoms with Gasteiger partial charge in [-0.15, -0.1) is 11.3 Å². The van der Waals surface area contributed by atoms with E-state index in [1.807, 2.05) is 42.5 Å². The van der Waals surface area contributed by atoms with Crippen LogP contribution in [-0.2, 0) is 13.0 Å². The molecule has 0 aliphatic carbocycles. The molecule has 4 aromatic rings. The first kappa shape index (κ1) is 21.7. The molecule has 164 valence electrons. The lowest BCUT2D eigenvalue weighted by molar-refractivity contribution is 0.354. The minimum atomic E-state index is 0.736. The van der Waals surface area contributed by atoms with Gasteiger partial charge in [0.1, 0.15) is 5.75 Å². The number of ether oxygens (including phenoxy) is 3. The second-order valence-corrected chi connectivity index (χ2v) is 8.01. The van der Waals surface area contributed by atoms with Crippen LogP contribution in [0.2, 0.25) is 0 Å². The summed E-state index contributed by atoms with van der Waals surface area (Å²) in [5, 5.41) is 2.17. The van der Waals surface area contributed by atoms with E-state index in [9.17, 15) is 0 Å². The zero-order valence-corrected chi connectivity index (χ0v) is 19.3. The largest absolute Gasteiger partial charge is 0.497 e. The first-order valence-corrected chi connectivity index (χ1v) is 11.2. The summed E-state index contributed by atoms with van der Waals surface area (Å²) in [7, 11) is 4.98. The van der Waals surface area contributed by atoms with Gasteiger partial charge < -0.3 is 18.8 Å². The highest BCUT2D eigenvalue weighted by molar-refractivity contribution is 7.07. The zero-order chi connectivity index (χ0) is 22.3. The molecule has 0 amide bonds. The van der Waals surface area contributed by atoms with Crippen molar-refractivity contribution in [2.24, 2.45) is 4.99 Å². The smallest absolute Gasteiger partial charge is 0.190 e. The number of nitrogens with zero attached hydrogens (tertiary/aromatic N) is 2. The number of hydrogen-bond acceptors (Lipinski definition) is 5. The van der Waals surface area contributed by atoms with Crippen molar-refractivity contribution >= 4 is 17.0 Å². The maximum Gasteiger partial charge on any atom is 0.190 e. The Morgan fingerprint density at radius 3 is 2.25 bits per heavy atom. The molecule has 32 heavy (non-hydrogen) atoms. The molecule has 0 atom stereocenters. The summed E-state index contributed by atoms with van der Waals surface area (Å²) in [5.74, 6) is 2.30. The van der Waals surface area contributed by atoms with Crippen LogP contribution in [0.4, 0.5) is 5.69 Å². The number of thiazole rings is 1. The lowest BCUT2D eigenvalue weighted by Gasteiger charge is -2.12. The number of benzene rings is 3. The summed E-state index contributed by atoms with van der Waals surface area (Å²) >= 11 is 1.65. The molecule has 4 rings (SSSR count). The van der Waals surface area contributed by atoms with E-state index in [2.05, 4.69) is 40.3 Å². The fourth-order valence-corrected chi connectivity index (χ4v) is 4.47. The van der Waals surface area contributed by atoms with Crippen LogP contribution in [0.15, 0.2) is 83.2 Å². The van der Waals surface area contributed by atoms with Crippen LogP contribution >= 0.6 is 11.3 Å². The van der Waals surface area contributed by atoms with Gasteiger partial charge in [0, 0.05) is 11.9 Å². The van der Waals surface area contributed by atoms with Crippen molar-refractivity contribution < 1.29 is 14.2 Å². The van der Waals surface area contributed by atoms with Crippen molar-refractivity contribution in [3.8, 4) is 28.5 Å². The Balaban J connectivity index is 1.70. The van der Waals surface area contributed by atoms with E-state index in [4.69, 9.17) is 19.2 Å². The normalized spacial score (nSPS) is 11.4. The highest BCUT2D eigenvalue weighted by atomic mass is 32.1. The third-order valence-corrected chi connectivity index (χ3v) is 6.10. The fraction of sp³-hybridized carbons (Fsp3) is 0.192. The molecule has 0 bridgehead atoms. The van der Waals surface area contributed by atoms with Gasteiger partial charge in [0.25, 0.3) is 0 Å². The predicted octanol–water partition coefficient (Wildman–Crippen LogP) is 5.72. The first-order chi connectivity index (χ1) is 15.7. The first-order valence-electron chi connectivity index (χ1n) is 10.3. The topological polar surface area (TPSA) is 45.0 Å². The zero-order valence-electron chi connectivity index (χ0n) is 18.4. The Hall–Kier alpha value is -3.51. The second-order valence-electron chi connectivity index (χ2n) is 7.17. The van der Waals surface area contributed by atoms with E-state index in [-0.39, 0.29) is 0 Å². The highest BCUT2D eigenvalue weighted by Crippen LogP contribution is 2.28. The predicted molar refractivity (Wildman–Crippen MR) is 129 cm³/mol. The molecule has 0 spiro atoms. The number of aromatic nitrogens is 1. The quantitative estimate of drug-likeness (QED) is 0.348. The van der Waals surface area contributed by atoms with Crippen molar-refractivity contribution in [2.75, 3.05) is 21.3 Å². The second kappa shape index (κ2) is 10.2. The summed E-state index contributed by atoms with van der Waals surface area (Å²) in [6.07, 6.45) is 0.840. The molecule has 5 nitrogen and oxygen atoms in total. The third-order valence-electron chi connectivity index (χ3n) is 5.24. The Morgan fingerprint density at radius 1 is 0.812 bits per heavy atom. The SMILES string of the molecule is COc1ccc(N=c2scc(-c3ccccc3)n2CCc2ccc(OC)c(OC)c2)cc1. The van der Waals surface area contributed by atoms with Gasteiger partial charge in [-0.05, 0) is 53.9 Å². The Labute approximate surface area is 192 Å². The van der Waals surface area contributed by atoms with Gasteiger partial charge in [-0.25, -0.2) is 4.99 Å². The third kappa shape index (κ3) is 4.86. The summed E-state index contributed by atoms with van der Waals surface area (Å²) in [4.78, 5) is 5.87. The molecule has 0 N–H and O–H groups in total. The van der Waals surface area contributed by atoms with Gasteiger partial charge in [0.2, 0.25) is 0 Å². The number of hydrogen-bond donors (Lipinski definition) is 0. The van der Waals surface area contributed by atoms with Crippen molar-refractivity contribution in [1.29, 1.82) is 0 Å². The maximum atomic E-state index is 5.47. The standard InChI is InChI=1S/C26H26N2O3S/c1-29-22-12-10-21(11-13-22)27-26-28(23(18-32-26)20-7-5-4-6-8-20)16-15-19-9-14-24(30-2)25(17-19)31-3/h4-14,17-18H,15-16H2,1-3H3. The van der Waals surface area contributed by atoms with E-state index >= 15 is 0 Å². The van der Waals surface area contributed by atoms with Gasteiger partial charge in [-0.3, -0.25) is 0 Å². The van der Waals surface area contributed by atoms with Crippen LogP contribution < -0.4 is 19.0 Å². The van der Waals surface area contributed by atoms with Crippen molar-refractivity contribution in [2.45, 2.75) is 13.0 Å². The molecule has 0 saturated carbocycles. The monoisotopic (exact) mass is 446 g/mol. The van der Waals surface area contributed by atoms with E-state index in [0.717, 1.165) is 46.4 Å². The molecular weight excluding hydrogens is 420 g/mol. The molecule has 1 aromatic heterocycles. The minimum absolute atomic E-state index is 0.736. The fourth-order valence-electron chi connectivity index (χ4n) is 3.52. The summed E-state index contributed by atoms with van der Waals surface area (Å²) in [6, 6.07) is 24.3. The van der Waals surface area contributed by atoms with E-state index in [0.29, 0.717) is 0 Å². The molecule has 0 radical (unpaired) electrons. The summed E-state index contributed by atoms with van der Waals surface area (Å²) in [5.41, 5.74) is 4.40. The lowest BCUT2D eigenvalue weighted by atomic mass is 10.1. The van der Waals surface area contributed by atoms with Crippen LogP contribution in [0, 0.1) is 0 Å². The van der Waals surface area contributed by atoms with E-state index < -0.39 is 0 Å². The Bertz CT molecular complexity index is 1230. The van der Waals surface area contributed by atoms with Gasteiger partial charge in [0.15, 0.2) is 16.3 Å². The molecule has 0 aliphatic heterocycles. The maximum absolute atomic E-state index is 5.47. The van der Waals surface area contributed by atoms with Crippen LogP contribution in [0.3, 0.4) is 0 Å². The molecule has 0 aliphatic rings. The number of aryl methyl sites for hydroxylation is 1. The Kier molecular flexibility index (Phi) is 6.92. The number of methoxy groups -OCH3 is 3. The summed E-state index contributed by atoms with van der Waals surface area (Å²) in [6.45, 7) is 0.790. The lowest BCUT2D eigenvalue weighted by Crippen LogP contribution is -2.17. The Morgan fingerprint density at radius 2 is 1.56 bits per heavy atom. The highest BCUT2D eigenvalue weighted by Gasteiger charge is 2.10. The minimum Gasteiger partial charge on any atom is -0.497 e. The molecule has 0 unspecified atom stereocenters. The van der Waals surface area contributed by atoms with Gasteiger partial charge >= 0.3 is 0 Å². The van der Waals surface area contributed by atoms with Gasteiger partial charge in [-0.1, -0.05) is 36.4 Å². The van der Waals surface area contributed by atoms with Crippen molar-refractivity contribution in [3.05, 3.63) is 88.5 Å². The van der Waals surface area contributed by atoms with E-state index in [1.165, 1.54) is 11.1 Å². The number of rotatable bonds is 8. The van der Waals surface area contributed by atoms with Crippen LogP contribution in [-0.4, -0.2) is 25.9 Å². The molecule has 3 aromatic carbocycles. The van der Waals surface area contributed by atoms with Crippen LogP contribution in [0.25, 0.3) is 11.3 Å². The molecule has 0 saturated heterocycles. The molecular formula is C26H26N2O3S. The average Bonchev–Trinajstić information content (AvgIpc) is 3.25. The molecule has 6 heteroatoms. The molecule has 1 heterocycles. The van der Waals surface area contributed by atoms with Gasteiger partial charge in [-0.2, -0.15) is 0 Å². The van der Waals surface area contributed by atoms with Crippen LogP contribution in [0.5, 0.6) is 17.2 Å². The van der Waals surface area contributed by atoms with Crippen LogP contribution in [0.1, 0.15) is 5.56 Å². The summed E-state index contributed by atoms with van der Waals surface area (Å²) < 4.78 is 18.4.